The minimum absolute atomic E-state index is 0.120. The molecule has 6 heteroatoms. The predicted molar refractivity (Wildman–Crippen MR) is 63.6 cm³/mol. The maximum atomic E-state index is 12.0. The van der Waals surface area contributed by atoms with Crippen molar-refractivity contribution in [1.29, 1.82) is 0 Å². The molecule has 1 heterocycles. The van der Waals surface area contributed by atoms with Gasteiger partial charge in [-0.05, 0) is 37.1 Å². The molecule has 106 valence electrons. The van der Waals surface area contributed by atoms with Gasteiger partial charge in [-0.1, -0.05) is 12.1 Å². The average Bonchev–Trinajstić information content (AvgIpc) is 2.77. The van der Waals surface area contributed by atoms with E-state index in [1.165, 1.54) is 12.1 Å². The van der Waals surface area contributed by atoms with E-state index in [1.807, 2.05) is 0 Å². The maximum absolute atomic E-state index is 12.0. The molecule has 0 aromatic heterocycles. The molecule has 3 nitrogen and oxygen atoms in total. The number of alkyl halides is 3. The Kier molecular flexibility index (Phi) is 4.31. The van der Waals surface area contributed by atoms with Crippen molar-refractivity contribution in [3.05, 3.63) is 29.8 Å². The van der Waals surface area contributed by atoms with Crippen LogP contribution in [0.25, 0.3) is 0 Å². The second kappa shape index (κ2) is 5.79. The van der Waals surface area contributed by atoms with Gasteiger partial charge in [0.15, 0.2) is 0 Å². The smallest absolute Gasteiger partial charge is 0.406 e. The number of nitrogens with zero attached hydrogens (tertiary/aromatic N) is 1. The van der Waals surface area contributed by atoms with E-state index in [0.717, 1.165) is 24.9 Å². The number of aliphatic hydroxyl groups excluding tert-OH is 1. The van der Waals surface area contributed by atoms with E-state index in [-0.39, 0.29) is 18.4 Å². The Morgan fingerprint density at radius 2 is 1.95 bits per heavy atom. The van der Waals surface area contributed by atoms with Gasteiger partial charge < -0.3 is 9.84 Å². The summed E-state index contributed by atoms with van der Waals surface area (Å²) in [5.74, 6) is -0.212. The highest BCUT2D eigenvalue weighted by Crippen LogP contribution is 2.24. The van der Waals surface area contributed by atoms with E-state index in [0.29, 0.717) is 6.54 Å². The van der Waals surface area contributed by atoms with Crippen LogP contribution < -0.4 is 4.74 Å². The van der Waals surface area contributed by atoms with E-state index >= 15 is 0 Å². The first kappa shape index (κ1) is 14.1. The molecule has 1 aromatic rings. The zero-order chi connectivity index (χ0) is 13.9. The quantitative estimate of drug-likeness (QED) is 0.916. The van der Waals surface area contributed by atoms with Gasteiger partial charge in [0.05, 0.1) is 6.61 Å². The molecule has 0 aliphatic carbocycles. The number of rotatable bonds is 4. The van der Waals surface area contributed by atoms with Gasteiger partial charge in [0.2, 0.25) is 0 Å². The van der Waals surface area contributed by atoms with Crippen LogP contribution in [0.1, 0.15) is 18.4 Å². The summed E-state index contributed by atoms with van der Waals surface area (Å²) in [7, 11) is 0. The third-order valence-corrected chi connectivity index (χ3v) is 3.25. The van der Waals surface area contributed by atoms with Crippen molar-refractivity contribution < 1.29 is 23.0 Å². The highest BCUT2D eigenvalue weighted by molar-refractivity contribution is 5.27. The van der Waals surface area contributed by atoms with Crippen LogP contribution >= 0.6 is 0 Å². The molecule has 19 heavy (non-hydrogen) atoms. The zero-order valence-electron chi connectivity index (χ0n) is 10.4. The fraction of sp³-hybridized carbons (Fsp3) is 0.538. The summed E-state index contributed by atoms with van der Waals surface area (Å²) < 4.78 is 39.8. The Hall–Kier alpha value is -1.27. The number of hydrogen-bond acceptors (Lipinski definition) is 3. The van der Waals surface area contributed by atoms with Gasteiger partial charge >= 0.3 is 6.36 Å². The lowest BCUT2D eigenvalue weighted by Crippen LogP contribution is -2.31. The molecular weight excluding hydrogens is 259 g/mol. The molecule has 0 radical (unpaired) electrons. The van der Waals surface area contributed by atoms with Crippen LogP contribution in [0.15, 0.2) is 24.3 Å². The van der Waals surface area contributed by atoms with E-state index in [9.17, 15) is 18.3 Å². The molecule has 1 saturated heterocycles. The van der Waals surface area contributed by atoms with E-state index < -0.39 is 6.36 Å². The summed E-state index contributed by atoms with van der Waals surface area (Å²) in [6, 6.07) is 6.02. The second-order valence-electron chi connectivity index (χ2n) is 4.64. The zero-order valence-corrected chi connectivity index (χ0v) is 10.4. The molecule has 1 atom stereocenters. The number of ether oxygens (including phenoxy) is 1. The van der Waals surface area contributed by atoms with Crippen LogP contribution in [0, 0.1) is 0 Å². The first-order valence-electron chi connectivity index (χ1n) is 6.17. The van der Waals surface area contributed by atoms with Gasteiger partial charge in [-0.3, -0.25) is 4.90 Å². The Morgan fingerprint density at radius 3 is 2.53 bits per heavy atom. The Morgan fingerprint density at radius 1 is 1.26 bits per heavy atom. The van der Waals surface area contributed by atoms with Crippen LogP contribution in [0.4, 0.5) is 13.2 Å². The number of likely N-dealkylation sites (tertiary alicyclic amines) is 1. The molecule has 0 saturated carbocycles. The summed E-state index contributed by atoms with van der Waals surface area (Å²) in [5.41, 5.74) is 0.912. The molecule has 0 unspecified atom stereocenters. The van der Waals surface area contributed by atoms with Crippen LogP contribution in [0.2, 0.25) is 0 Å². The van der Waals surface area contributed by atoms with Crippen LogP contribution in [0.5, 0.6) is 5.75 Å². The van der Waals surface area contributed by atoms with E-state index in [4.69, 9.17) is 0 Å². The average molecular weight is 275 g/mol. The number of benzene rings is 1. The third kappa shape index (κ3) is 4.11. The van der Waals surface area contributed by atoms with Gasteiger partial charge in [0, 0.05) is 12.6 Å². The lowest BCUT2D eigenvalue weighted by molar-refractivity contribution is -0.274. The Labute approximate surface area is 109 Å². The van der Waals surface area contributed by atoms with Crippen LogP contribution in [0.3, 0.4) is 0 Å². The van der Waals surface area contributed by atoms with E-state index in [1.54, 1.807) is 12.1 Å². The van der Waals surface area contributed by atoms with Crippen molar-refractivity contribution in [2.24, 2.45) is 0 Å². The van der Waals surface area contributed by atoms with Gasteiger partial charge in [-0.25, -0.2) is 0 Å². The van der Waals surface area contributed by atoms with Crippen molar-refractivity contribution in [3.63, 3.8) is 0 Å². The standard InChI is InChI=1S/C13H16F3NO2/c14-13(15,16)19-12-5-3-10(4-6-12)8-17-7-1-2-11(17)9-18/h3-6,11,18H,1-2,7-9H2/t11-/m1/s1. The molecule has 1 fully saturated rings. The van der Waals surface area contributed by atoms with Gasteiger partial charge in [0.25, 0.3) is 0 Å². The topological polar surface area (TPSA) is 32.7 Å². The Balaban J connectivity index is 1.95. The molecule has 0 spiro atoms. The van der Waals surface area contributed by atoms with E-state index in [2.05, 4.69) is 9.64 Å². The van der Waals surface area contributed by atoms with Crippen LogP contribution in [-0.4, -0.2) is 35.6 Å². The Bertz CT molecular complexity index is 405. The number of hydrogen-bond donors (Lipinski definition) is 1. The molecule has 1 aliphatic rings. The number of aliphatic hydroxyl groups is 1. The van der Waals surface area contributed by atoms with Crippen molar-refractivity contribution in [3.8, 4) is 5.75 Å². The summed E-state index contributed by atoms with van der Waals surface area (Å²) in [6.45, 7) is 1.67. The summed E-state index contributed by atoms with van der Waals surface area (Å²) >= 11 is 0. The monoisotopic (exact) mass is 275 g/mol. The molecule has 0 amide bonds. The molecular formula is C13H16F3NO2. The van der Waals surface area contributed by atoms with Crippen LogP contribution in [-0.2, 0) is 6.54 Å². The fourth-order valence-corrected chi connectivity index (χ4v) is 2.34. The van der Waals surface area contributed by atoms with Gasteiger partial charge in [0.1, 0.15) is 5.75 Å². The maximum Gasteiger partial charge on any atom is 0.573 e. The first-order valence-corrected chi connectivity index (χ1v) is 6.17. The minimum atomic E-state index is -4.65. The number of halogens is 3. The van der Waals surface area contributed by atoms with Crippen molar-refractivity contribution in [1.82, 2.24) is 4.90 Å². The summed E-state index contributed by atoms with van der Waals surface area (Å²) in [5, 5.41) is 9.20. The SMILES string of the molecule is OC[C@H]1CCCN1Cc1ccc(OC(F)(F)F)cc1. The molecule has 1 aliphatic heterocycles. The molecule has 1 aromatic carbocycles. The predicted octanol–water partition coefficient (Wildman–Crippen LogP) is 2.54. The minimum Gasteiger partial charge on any atom is -0.406 e. The van der Waals surface area contributed by atoms with Crippen molar-refractivity contribution in [2.45, 2.75) is 31.8 Å². The molecule has 1 N–H and O–H groups in total. The lowest BCUT2D eigenvalue weighted by atomic mass is 10.2. The largest absolute Gasteiger partial charge is 0.573 e. The summed E-state index contributed by atoms with van der Waals surface area (Å²) in [4.78, 5) is 2.14. The highest BCUT2D eigenvalue weighted by atomic mass is 19.4. The normalized spacial score (nSPS) is 20.7. The van der Waals surface area contributed by atoms with Gasteiger partial charge in [-0.2, -0.15) is 0 Å². The fourth-order valence-electron chi connectivity index (χ4n) is 2.34. The molecule has 2 rings (SSSR count). The van der Waals surface area contributed by atoms with Crippen molar-refractivity contribution >= 4 is 0 Å². The first-order chi connectivity index (χ1) is 8.98. The lowest BCUT2D eigenvalue weighted by Gasteiger charge is -2.22. The third-order valence-electron chi connectivity index (χ3n) is 3.25. The molecule has 0 bridgehead atoms. The second-order valence-corrected chi connectivity index (χ2v) is 4.64. The highest BCUT2D eigenvalue weighted by Gasteiger charge is 2.31. The van der Waals surface area contributed by atoms with Gasteiger partial charge in [-0.15, -0.1) is 13.2 Å². The summed E-state index contributed by atoms with van der Waals surface area (Å²) in [6.07, 6.45) is -2.65. The van der Waals surface area contributed by atoms with Crippen molar-refractivity contribution in [2.75, 3.05) is 13.2 Å².